The molecule has 0 fully saturated rings. The first-order chi connectivity index (χ1) is 11.1. The predicted octanol–water partition coefficient (Wildman–Crippen LogP) is 4.46. The van der Waals surface area contributed by atoms with Crippen LogP contribution in [0.5, 0.6) is 5.75 Å². The molecule has 1 atom stereocenters. The topological polar surface area (TPSA) is 60.2 Å². The molecule has 1 heterocycles. The van der Waals surface area contributed by atoms with Gasteiger partial charge in [-0.25, -0.2) is 0 Å². The number of nitrogens with zero attached hydrogens (tertiary/aromatic N) is 1. The molecule has 1 aromatic heterocycles. The van der Waals surface area contributed by atoms with Crippen LogP contribution in [0.25, 0.3) is 10.9 Å². The van der Waals surface area contributed by atoms with Crippen LogP contribution in [0.15, 0.2) is 24.4 Å². The molecule has 2 aromatic rings. The normalized spacial score (nSPS) is 12.6. The minimum absolute atomic E-state index is 0.359. The number of hydrogen-bond acceptors (Lipinski definition) is 4. The number of methoxy groups -OCH3 is 1. The number of rotatable bonds is 8. The summed E-state index contributed by atoms with van der Waals surface area (Å²) in [5, 5.41) is 5.15. The van der Waals surface area contributed by atoms with Gasteiger partial charge in [0.1, 0.15) is 5.75 Å². The third kappa shape index (κ3) is 4.27. The SMILES string of the molecule is COc1cc(NC(CCCCN)C(C)C)c2ncccc2c1Cl. The van der Waals surface area contributed by atoms with Crippen molar-refractivity contribution in [1.29, 1.82) is 0 Å². The molecular formula is C18H26ClN3O. The van der Waals surface area contributed by atoms with Gasteiger partial charge in [0.25, 0.3) is 0 Å². The van der Waals surface area contributed by atoms with E-state index in [1.54, 1.807) is 13.3 Å². The standard InChI is InChI=1S/C18H26ClN3O/c1-12(2)14(8-4-5-9-20)22-15-11-16(23-3)17(19)13-7-6-10-21-18(13)15/h6-7,10-12,14,22H,4-5,8-9,20H2,1-3H3. The van der Waals surface area contributed by atoms with Crippen molar-refractivity contribution in [1.82, 2.24) is 4.98 Å². The average Bonchev–Trinajstić information content (AvgIpc) is 2.56. The number of hydrogen-bond donors (Lipinski definition) is 2. The Morgan fingerprint density at radius 2 is 2.13 bits per heavy atom. The Bertz CT molecular complexity index is 645. The number of ether oxygens (including phenoxy) is 1. The molecular weight excluding hydrogens is 310 g/mol. The van der Waals surface area contributed by atoms with Gasteiger partial charge in [-0.2, -0.15) is 0 Å². The number of benzene rings is 1. The van der Waals surface area contributed by atoms with Crippen molar-refractivity contribution in [3.63, 3.8) is 0 Å². The highest BCUT2D eigenvalue weighted by Gasteiger charge is 2.17. The minimum atomic E-state index is 0.359. The van der Waals surface area contributed by atoms with Crippen molar-refractivity contribution in [3.05, 3.63) is 29.4 Å². The molecule has 0 bridgehead atoms. The van der Waals surface area contributed by atoms with Crippen LogP contribution in [0.2, 0.25) is 5.02 Å². The first kappa shape index (κ1) is 17.8. The van der Waals surface area contributed by atoms with Gasteiger partial charge in [-0.05, 0) is 37.4 Å². The molecule has 126 valence electrons. The number of halogens is 1. The van der Waals surface area contributed by atoms with Crippen molar-refractivity contribution in [2.24, 2.45) is 11.7 Å². The molecule has 2 rings (SSSR count). The van der Waals surface area contributed by atoms with Crippen LogP contribution in [-0.4, -0.2) is 24.7 Å². The van der Waals surface area contributed by atoms with Gasteiger partial charge < -0.3 is 15.8 Å². The number of pyridine rings is 1. The lowest BCUT2D eigenvalue weighted by Gasteiger charge is -2.25. The Morgan fingerprint density at radius 1 is 1.35 bits per heavy atom. The largest absolute Gasteiger partial charge is 0.495 e. The van der Waals surface area contributed by atoms with E-state index in [-0.39, 0.29) is 0 Å². The van der Waals surface area contributed by atoms with Gasteiger partial charge in [-0.15, -0.1) is 0 Å². The maximum Gasteiger partial charge on any atom is 0.140 e. The highest BCUT2D eigenvalue weighted by atomic mass is 35.5. The van der Waals surface area contributed by atoms with E-state index in [0.717, 1.165) is 42.4 Å². The van der Waals surface area contributed by atoms with E-state index in [2.05, 4.69) is 24.1 Å². The van der Waals surface area contributed by atoms with Gasteiger partial charge in [-0.3, -0.25) is 4.98 Å². The van der Waals surface area contributed by atoms with Crippen molar-refractivity contribution >= 4 is 28.2 Å². The first-order valence-corrected chi connectivity index (χ1v) is 8.54. The van der Waals surface area contributed by atoms with E-state index >= 15 is 0 Å². The van der Waals surface area contributed by atoms with Gasteiger partial charge >= 0.3 is 0 Å². The molecule has 3 N–H and O–H groups in total. The maximum absolute atomic E-state index is 6.41. The van der Waals surface area contributed by atoms with Crippen molar-refractivity contribution in [2.75, 3.05) is 19.0 Å². The number of unbranched alkanes of at least 4 members (excludes halogenated alkanes) is 1. The molecule has 0 radical (unpaired) electrons. The molecule has 0 saturated heterocycles. The zero-order valence-electron chi connectivity index (χ0n) is 14.1. The lowest BCUT2D eigenvalue weighted by Crippen LogP contribution is -2.26. The minimum Gasteiger partial charge on any atom is -0.495 e. The molecule has 4 nitrogen and oxygen atoms in total. The smallest absolute Gasteiger partial charge is 0.140 e. The average molecular weight is 336 g/mol. The van der Waals surface area contributed by atoms with E-state index in [0.29, 0.717) is 22.7 Å². The first-order valence-electron chi connectivity index (χ1n) is 8.16. The quantitative estimate of drug-likeness (QED) is 0.699. The molecule has 0 amide bonds. The summed E-state index contributed by atoms with van der Waals surface area (Å²) in [4.78, 5) is 4.50. The van der Waals surface area contributed by atoms with E-state index in [4.69, 9.17) is 22.1 Å². The van der Waals surface area contributed by atoms with E-state index < -0.39 is 0 Å². The Labute approximate surface area is 143 Å². The Morgan fingerprint density at radius 3 is 2.78 bits per heavy atom. The maximum atomic E-state index is 6.41. The number of nitrogens with one attached hydrogen (secondary N) is 1. The number of nitrogens with two attached hydrogens (primary N) is 1. The summed E-state index contributed by atoms with van der Waals surface area (Å²) in [6, 6.07) is 6.16. The lowest BCUT2D eigenvalue weighted by molar-refractivity contribution is 0.415. The van der Waals surface area contributed by atoms with Crippen LogP contribution in [0, 0.1) is 5.92 Å². The van der Waals surface area contributed by atoms with Crippen LogP contribution in [0.1, 0.15) is 33.1 Å². The number of fused-ring (bicyclic) bond motifs is 1. The fourth-order valence-corrected chi connectivity index (χ4v) is 3.02. The van der Waals surface area contributed by atoms with E-state index in [9.17, 15) is 0 Å². The van der Waals surface area contributed by atoms with Gasteiger partial charge in [0.2, 0.25) is 0 Å². The monoisotopic (exact) mass is 335 g/mol. The highest BCUT2D eigenvalue weighted by molar-refractivity contribution is 6.37. The fraction of sp³-hybridized carbons (Fsp3) is 0.500. The van der Waals surface area contributed by atoms with Crippen molar-refractivity contribution in [3.8, 4) is 5.75 Å². The summed E-state index contributed by atoms with van der Waals surface area (Å²) < 4.78 is 5.42. The van der Waals surface area contributed by atoms with Crippen LogP contribution >= 0.6 is 11.6 Å². The second kappa shape index (κ2) is 8.37. The third-order valence-electron chi connectivity index (χ3n) is 4.13. The van der Waals surface area contributed by atoms with Crippen LogP contribution in [-0.2, 0) is 0 Å². The second-order valence-corrected chi connectivity index (χ2v) is 6.50. The summed E-state index contributed by atoms with van der Waals surface area (Å²) in [6.07, 6.45) is 5.03. The van der Waals surface area contributed by atoms with Crippen LogP contribution < -0.4 is 15.8 Å². The molecule has 0 aliphatic rings. The van der Waals surface area contributed by atoms with E-state index in [1.807, 2.05) is 18.2 Å². The Hall–Kier alpha value is -1.52. The molecule has 0 saturated carbocycles. The van der Waals surface area contributed by atoms with Gasteiger partial charge in [0.15, 0.2) is 0 Å². The third-order valence-corrected chi connectivity index (χ3v) is 4.52. The van der Waals surface area contributed by atoms with Gasteiger partial charge in [0.05, 0.1) is 23.3 Å². The Kier molecular flexibility index (Phi) is 6.48. The van der Waals surface area contributed by atoms with Gasteiger partial charge in [0, 0.05) is 23.7 Å². The highest BCUT2D eigenvalue weighted by Crippen LogP contribution is 2.37. The zero-order valence-corrected chi connectivity index (χ0v) is 14.9. The summed E-state index contributed by atoms with van der Waals surface area (Å²) >= 11 is 6.41. The molecule has 5 heteroatoms. The van der Waals surface area contributed by atoms with Crippen LogP contribution in [0.4, 0.5) is 5.69 Å². The summed E-state index contributed by atoms with van der Waals surface area (Å²) in [7, 11) is 1.63. The number of aromatic nitrogens is 1. The summed E-state index contributed by atoms with van der Waals surface area (Å²) in [5.41, 5.74) is 7.45. The fourth-order valence-electron chi connectivity index (χ4n) is 2.73. The van der Waals surface area contributed by atoms with Gasteiger partial charge in [-0.1, -0.05) is 31.9 Å². The second-order valence-electron chi connectivity index (χ2n) is 6.12. The molecule has 1 unspecified atom stereocenters. The summed E-state index contributed by atoms with van der Waals surface area (Å²) in [5.74, 6) is 1.17. The lowest BCUT2D eigenvalue weighted by atomic mass is 9.97. The zero-order chi connectivity index (χ0) is 16.8. The van der Waals surface area contributed by atoms with Crippen molar-refractivity contribution in [2.45, 2.75) is 39.2 Å². The van der Waals surface area contributed by atoms with Crippen LogP contribution in [0.3, 0.4) is 0 Å². The van der Waals surface area contributed by atoms with E-state index in [1.165, 1.54) is 0 Å². The molecule has 1 aromatic carbocycles. The number of anilines is 1. The molecule has 23 heavy (non-hydrogen) atoms. The molecule has 0 aliphatic carbocycles. The summed E-state index contributed by atoms with van der Waals surface area (Å²) in [6.45, 7) is 5.19. The molecule has 0 aliphatic heterocycles. The predicted molar refractivity (Wildman–Crippen MR) is 98.5 cm³/mol. The molecule has 0 spiro atoms. The van der Waals surface area contributed by atoms with Crippen molar-refractivity contribution < 1.29 is 4.74 Å². The Balaban J connectivity index is 2.35.